The molecule has 4 aromatic rings. The molecular formula is C23H20N4O3. The molecule has 3 aromatic heterocycles. The summed E-state index contributed by atoms with van der Waals surface area (Å²) in [6, 6.07) is 12.3. The van der Waals surface area contributed by atoms with E-state index in [2.05, 4.69) is 18.5 Å². The third kappa shape index (κ3) is 3.86. The van der Waals surface area contributed by atoms with Gasteiger partial charge in [-0.05, 0) is 42.5 Å². The number of hydrogen-bond acceptors (Lipinski definition) is 5. The predicted molar refractivity (Wildman–Crippen MR) is 116 cm³/mol. The van der Waals surface area contributed by atoms with Crippen LogP contribution in [0.25, 0.3) is 33.9 Å². The Morgan fingerprint density at radius 3 is 2.07 bits per heavy atom. The van der Waals surface area contributed by atoms with Gasteiger partial charge in [0.2, 0.25) is 0 Å². The molecule has 0 aliphatic heterocycles. The van der Waals surface area contributed by atoms with Crippen LogP contribution in [0, 0.1) is 0 Å². The molecule has 0 fully saturated rings. The second kappa shape index (κ2) is 8.48. The summed E-state index contributed by atoms with van der Waals surface area (Å²) < 4.78 is 11.1. The largest absolute Gasteiger partial charge is 0.463 e. The Morgan fingerprint density at radius 1 is 0.933 bits per heavy atom. The lowest BCUT2D eigenvalue weighted by molar-refractivity contribution is 0.222. The first-order valence-corrected chi connectivity index (χ1v) is 9.37. The fourth-order valence-electron chi connectivity index (χ4n) is 3.06. The molecule has 3 heterocycles. The van der Waals surface area contributed by atoms with Crippen molar-refractivity contribution in [1.82, 2.24) is 14.9 Å². The van der Waals surface area contributed by atoms with Gasteiger partial charge < -0.3 is 19.1 Å². The van der Waals surface area contributed by atoms with Gasteiger partial charge in [0.15, 0.2) is 11.5 Å². The first kappa shape index (κ1) is 19.2. The van der Waals surface area contributed by atoms with E-state index >= 15 is 0 Å². The van der Waals surface area contributed by atoms with E-state index in [0.717, 1.165) is 0 Å². The quantitative estimate of drug-likeness (QED) is 0.422. The molecule has 2 amide bonds. The van der Waals surface area contributed by atoms with E-state index in [-0.39, 0.29) is 6.03 Å². The molecule has 1 N–H and O–H groups in total. The van der Waals surface area contributed by atoms with E-state index in [9.17, 15) is 4.79 Å². The van der Waals surface area contributed by atoms with Crippen LogP contribution in [0.15, 0.2) is 89.1 Å². The normalized spacial score (nSPS) is 10.7. The number of carbonyl (C=O) groups excluding carboxylic acids is 1. The van der Waals surface area contributed by atoms with Crippen LogP contribution in [0.5, 0.6) is 0 Å². The fraction of sp³-hybridized carbons (Fsp3) is 0.0870. The van der Waals surface area contributed by atoms with E-state index in [1.54, 1.807) is 53.8 Å². The van der Waals surface area contributed by atoms with Gasteiger partial charge in [0.1, 0.15) is 11.4 Å². The predicted octanol–water partition coefficient (Wildman–Crippen LogP) is 5.36. The molecule has 7 heteroatoms. The van der Waals surface area contributed by atoms with Crippen molar-refractivity contribution < 1.29 is 13.6 Å². The summed E-state index contributed by atoms with van der Waals surface area (Å²) in [5.41, 5.74) is 3.04. The first-order chi connectivity index (χ1) is 14.7. The molecule has 0 aliphatic rings. The van der Waals surface area contributed by atoms with Gasteiger partial charge in [0.05, 0.1) is 23.6 Å². The van der Waals surface area contributed by atoms with Crippen LogP contribution in [-0.4, -0.2) is 34.0 Å². The lowest BCUT2D eigenvalue weighted by atomic mass is 10.1. The van der Waals surface area contributed by atoms with Crippen LogP contribution in [0.1, 0.15) is 0 Å². The number of benzene rings is 1. The minimum Gasteiger partial charge on any atom is -0.463 e. The second-order valence-electron chi connectivity index (χ2n) is 6.49. The highest BCUT2D eigenvalue weighted by atomic mass is 16.3. The molecule has 30 heavy (non-hydrogen) atoms. The van der Waals surface area contributed by atoms with Gasteiger partial charge in [-0.25, -0.2) is 14.8 Å². The number of nitrogens with one attached hydrogen (secondary N) is 1. The molecule has 0 unspecified atom stereocenters. The summed E-state index contributed by atoms with van der Waals surface area (Å²) in [7, 11) is 0. The molecular weight excluding hydrogens is 380 g/mol. The summed E-state index contributed by atoms with van der Waals surface area (Å²) in [6.07, 6.45) is 6.50. The number of rotatable bonds is 7. The second-order valence-corrected chi connectivity index (χ2v) is 6.49. The van der Waals surface area contributed by atoms with E-state index in [4.69, 9.17) is 18.8 Å². The summed E-state index contributed by atoms with van der Waals surface area (Å²) in [6.45, 7) is 8.21. The van der Waals surface area contributed by atoms with Gasteiger partial charge in [0, 0.05) is 18.8 Å². The van der Waals surface area contributed by atoms with Crippen molar-refractivity contribution in [2.45, 2.75) is 0 Å². The third-order valence-electron chi connectivity index (χ3n) is 4.41. The zero-order chi connectivity index (χ0) is 20.9. The van der Waals surface area contributed by atoms with E-state index in [0.29, 0.717) is 52.7 Å². The van der Waals surface area contributed by atoms with E-state index in [1.165, 1.54) is 0 Å². The number of amides is 2. The van der Waals surface area contributed by atoms with Crippen molar-refractivity contribution in [3.63, 3.8) is 0 Å². The van der Waals surface area contributed by atoms with Gasteiger partial charge in [0.25, 0.3) is 0 Å². The Morgan fingerprint density at radius 2 is 1.53 bits per heavy atom. The molecule has 7 nitrogen and oxygen atoms in total. The molecule has 0 radical (unpaired) electrons. The number of nitrogens with zero attached hydrogens (tertiary/aromatic N) is 3. The monoisotopic (exact) mass is 400 g/mol. The van der Waals surface area contributed by atoms with Crippen LogP contribution < -0.4 is 5.32 Å². The van der Waals surface area contributed by atoms with Gasteiger partial charge in [-0.2, -0.15) is 0 Å². The highest BCUT2D eigenvalue weighted by Gasteiger charge is 2.18. The average molecular weight is 400 g/mol. The minimum absolute atomic E-state index is 0.249. The lowest BCUT2D eigenvalue weighted by Gasteiger charge is -2.20. The molecule has 1 aromatic carbocycles. The van der Waals surface area contributed by atoms with Gasteiger partial charge in [-0.3, -0.25) is 0 Å². The fourth-order valence-corrected chi connectivity index (χ4v) is 3.06. The summed E-state index contributed by atoms with van der Waals surface area (Å²) in [5, 5.41) is 2.88. The van der Waals surface area contributed by atoms with E-state index in [1.807, 2.05) is 18.2 Å². The summed E-state index contributed by atoms with van der Waals surface area (Å²) >= 11 is 0. The highest BCUT2D eigenvalue weighted by molar-refractivity contribution is 5.93. The van der Waals surface area contributed by atoms with E-state index < -0.39 is 0 Å². The first-order valence-electron chi connectivity index (χ1n) is 9.37. The van der Waals surface area contributed by atoms with Crippen LogP contribution in [0.2, 0.25) is 0 Å². The lowest BCUT2D eigenvalue weighted by Crippen LogP contribution is -2.35. The Balaban J connectivity index is 1.72. The molecule has 0 atom stereocenters. The zero-order valence-electron chi connectivity index (χ0n) is 16.2. The van der Waals surface area contributed by atoms with Gasteiger partial charge >= 0.3 is 6.03 Å². The number of anilines is 1. The Hall–Kier alpha value is -4.13. The minimum atomic E-state index is -0.249. The zero-order valence-corrected chi connectivity index (χ0v) is 16.2. The molecule has 0 spiro atoms. The number of urea groups is 1. The van der Waals surface area contributed by atoms with Crippen LogP contribution in [0.4, 0.5) is 10.5 Å². The Kier molecular flexibility index (Phi) is 5.43. The van der Waals surface area contributed by atoms with Crippen molar-refractivity contribution in [1.29, 1.82) is 0 Å². The smallest absolute Gasteiger partial charge is 0.322 e. The number of fused-ring (bicyclic) bond motifs is 1. The molecule has 0 saturated carbocycles. The number of aromatic nitrogens is 2. The molecule has 0 saturated heterocycles. The number of hydrogen-bond donors (Lipinski definition) is 1. The van der Waals surface area contributed by atoms with Crippen LogP contribution in [-0.2, 0) is 0 Å². The molecule has 4 rings (SSSR count). The van der Waals surface area contributed by atoms with Crippen molar-refractivity contribution in [2.75, 3.05) is 18.4 Å². The van der Waals surface area contributed by atoms with Gasteiger partial charge in [-0.1, -0.05) is 12.2 Å². The summed E-state index contributed by atoms with van der Waals surface area (Å²) in [5.74, 6) is 1.17. The topological polar surface area (TPSA) is 84.4 Å². The van der Waals surface area contributed by atoms with Gasteiger partial charge in [-0.15, -0.1) is 13.2 Å². The average Bonchev–Trinajstić information content (AvgIpc) is 3.47. The SMILES string of the molecule is C=CCN(CC=C)C(=O)Nc1ccc2nc(-c3ccco3)c(-c3ccco3)nc2c1. The van der Waals surface area contributed by atoms with Crippen LogP contribution >= 0.6 is 0 Å². The maximum atomic E-state index is 12.5. The number of carbonyl (C=O) groups is 1. The maximum absolute atomic E-state index is 12.5. The molecule has 150 valence electrons. The van der Waals surface area contributed by atoms with Crippen molar-refractivity contribution >= 4 is 22.8 Å². The molecule has 0 aliphatic carbocycles. The summed E-state index contributed by atoms with van der Waals surface area (Å²) in [4.78, 5) is 23.6. The standard InChI is InChI=1S/C23H20N4O3/c1-3-11-27(12-4-2)23(28)24-16-9-10-17-18(15-16)26-22(20-8-6-14-30-20)21(25-17)19-7-5-13-29-19/h3-10,13-15H,1-2,11-12H2,(H,24,28). The Bertz CT molecular complexity index is 1170. The van der Waals surface area contributed by atoms with Crippen molar-refractivity contribution in [3.8, 4) is 22.9 Å². The van der Waals surface area contributed by atoms with Crippen LogP contribution in [0.3, 0.4) is 0 Å². The van der Waals surface area contributed by atoms with Crippen molar-refractivity contribution in [2.24, 2.45) is 0 Å². The molecule has 0 bridgehead atoms. The number of furan rings is 2. The maximum Gasteiger partial charge on any atom is 0.322 e. The highest BCUT2D eigenvalue weighted by Crippen LogP contribution is 2.32. The third-order valence-corrected chi connectivity index (χ3v) is 4.41. The van der Waals surface area contributed by atoms with Crippen molar-refractivity contribution in [3.05, 3.63) is 80.3 Å². The Labute approximate surface area is 173 Å².